The summed E-state index contributed by atoms with van der Waals surface area (Å²) in [5, 5.41) is 0. The van der Waals surface area contributed by atoms with Crippen LogP contribution >= 0.6 is 0 Å². The first-order valence-electron chi connectivity index (χ1n) is 6.36. The van der Waals surface area contributed by atoms with E-state index in [4.69, 9.17) is 10.5 Å². The van der Waals surface area contributed by atoms with E-state index in [1.54, 1.807) is 0 Å². The normalized spacial score (nSPS) is 37.7. The van der Waals surface area contributed by atoms with E-state index in [1.165, 1.54) is 12.8 Å². The standard InChI is InChI=1S/C12H19N3O2/c1-12(9-4-5-17-7-9)10(13)14-11(16)15(12)6-8-2-3-8/h8-9H,2-7H2,1H3,(H2,13,14,16). The van der Waals surface area contributed by atoms with Crippen LogP contribution in [0.4, 0.5) is 4.79 Å². The van der Waals surface area contributed by atoms with Crippen LogP contribution in [0.5, 0.6) is 0 Å². The third kappa shape index (κ3) is 1.64. The molecule has 2 heterocycles. The number of carbonyl (C=O) groups excluding carboxylic acids is 1. The summed E-state index contributed by atoms with van der Waals surface area (Å²) in [6.45, 7) is 4.29. The average molecular weight is 237 g/mol. The molecule has 2 fully saturated rings. The van der Waals surface area contributed by atoms with Crippen molar-refractivity contribution in [2.45, 2.75) is 31.7 Å². The number of hydrogen-bond donors (Lipinski definition) is 1. The summed E-state index contributed by atoms with van der Waals surface area (Å²) in [7, 11) is 0. The SMILES string of the molecule is CC1(C2CCOC2)C(N)=NC(=O)N1CC1CC1. The Morgan fingerprint density at radius 1 is 1.53 bits per heavy atom. The summed E-state index contributed by atoms with van der Waals surface area (Å²) >= 11 is 0. The van der Waals surface area contributed by atoms with Crippen LogP contribution in [-0.2, 0) is 4.74 Å². The number of nitrogens with two attached hydrogens (primary N) is 1. The van der Waals surface area contributed by atoms with E-state index < -0.39 is 5.54 Å². The van der Waals surface area contributed by atoms with Crippen LogP contribution in [0.25, 0.3) is 0 Å². The van der Waals surface area contributed by atoms with Crippen LogP contribution in [-0.4, -0.2) is 42.1 Å². The molecule has 5 nitrogen and oxygen atoms in total. The third-order valence-electron chi connectivity index (χ3n) is 4.39. The first kappa shape index (κ1) is 11.0. The summed E-state index contributed by atoms with van der Waals surface area (Å²) in [5.74, 6) is 1.41. The Kier molecular flexibility index (Phi) is 2.40. The Bertz CT molecular complexity index is 372. The van der Waals surface area contributed by atoms with E-state index >= 15 is 0 Å². The summed E-state index contributed by atoms with van der Waals surface area (Å²) in [5.41, 5.74) is 5.58. The predicted molar refractivity (Wildman–Crippen MR) is 63.8 cm³/mol. The number of carbonyl (C=O) groups is 1. The van der Waals surface area contributed by atoms with Crippen molar-refractivity contribution in [3.63, 3.8) is 0 Å². The second-order valence-corrected chi connectivity index (χ2v) is 5.54. The molecule has 0 aromatic heterocycles. The van der Waals surface area contributed by atoms with Crippen LogP contribution in [0, 0.1) is 11.8 Å². The monoisotopic (exact) mass is 237 g/mol. The van der Waals surface area contributed by atoms with E-state index in [0.29, 0.717) is 18.4 Å². The summed E-state index contributed by atoms with van der Waals surface area (Å²) in [4.78, 5) is 17.8. The number of ether oxygens (including phenoxy) is 1. The lowest BCUT2D eigenvalue weighted by Gasteiger charge is -2.39. The van der Waals surface area contributed by atoms with Gasteiger partial charge in [0.25, 0.3) is 0 Å². The first-order chi connectivity index (χ1) is 8.12. The second kappa shape index (κ2) is 3.70. The van der Waals surface area contributed by atoms with Gasteiger partial charge in [-0.25, -0.2) is 4.79 Å². The van der Waals surface area contributed by atoms with Gasteiger partial charge in [-0.3, -0.25) is 0 Å². The molecule has 94 valence electrons. The molecule has 0 spiro atoms. The van der Waals surface area contributed by atoms with Gasteiger partial charge in [0.1, 0.15) is 11.4 Å². The maximum atomic E-state index is 11.9. The Morgan fingerprint density at radius 3 is 2.88 bits per heavy atom. The Balaban J connectivity index is 1.86. The lowest BCUT2D eigenvalue weighted by Crippen LogP contribution is -2.57. The highest BCUT2D eigenvalue weighted by atomic mass is 16.5. The maximum absolute atomic E-state index is 11.9. The van der Waals surface area contributed by atoms with Gasteiger partial charge in [-0.15, -0.1) is 0 Å². The summed E-state index contributed by atoms with van der Waals surface area (Å²) in [6.07, 6.45) is 3.41. The van der Waals surface area contributed by atoms with Gasteiger partial charge in [-0.1, -0.05) is 0 Å². The third-order valence-corrected chi connectivity index (χ3v) is 4.39. The number of hydrogen-bond acceptors (Lipinski definition) is 3. The van der Waals surface area contributed by atoms with Crippen molar-refractivity contribution in [3.8, 4) is 0 Å². The molecule has 2 aliphatic heterocycles. The molecule has 3 rings (SSSR count). The van der Waals surface area contributed by atoms with Gasteiger partial charge in [0, 0.05) is 19.1 Å². The van der Waals surface area contributed by atoms with E-state index in [1.807, 2.05) is 11.8 Å². The van der Waals surface area contributed by atoms with E-state index in [9.17, 15) is 4.79 Å². The molecule has 2 amide bonds. The van der Waals surface area contributed by atoms with Gasteiger partial charge in [0.2, 0.25) is 0 Å². The number of rotatable bonds is 3. The highest BCUT2D eigenvalue weighted by Gasteiger charge is 2.52. The van der Waals surface area contributed by atoms with Crippen LogP contribution in [0.15, 0.2) is 4.99 Å². The highest BCUT2D eigenvalue weighted by Crippen LogP contribution is 2.39. The molecule has 5 heteroatoms. The zero-order chi connectivity index (χ0) is 12.0. The molecule has 0 bridgehead atoms. The quantitative estimate of drug-likeness (QED) is 0.795. The number of amides is 2. The molecule has 0 aromatic carbocycles. The van der Waals surface area contributed by atoms with Gasteiger partial charge in [0.05, 0.1) is 6.61 Å². The number of urea groups is 1. The lowest BCUT2D eigenvalue weighted by molar-refractivity contribution is 0.117. The molecular weight excluding hydrogens is 218 g/mol. The van der Waals surface area contributed by atoms with Crippen molar-refractivity contribution in [2.75, 3.05) is 19.8 Å². The van der Waals surface area contributed by atoms with Gasteiger partial charge in [-0.2, -0.15) is 4.99 Å². The maximum Gasteiger partial charge on any atom is 0.346 e. The molecule has 1 saturated carbocycles. The molecule has 0 radical (unpaired) electrons. The van der Waals surface area contributed by atoms with Crippen molar-refractivity contribution in [2.24, 2.45) is 22.6 Å². The van der Waals surface area contributed by atoms with Gasteiger partial charge >= 0.3 is 6.03 Å². The van der Waals surface area contributed by atoms with Crippen molar-refractivity contribution in [1.82, 2.24) is 4.90 Å². The van der Waals surface area contributed by atoms with Gasteiger partial charge < -0.3 is 15.4 Å². The van der Waals surface area contributed by atoms with Crippen molar-refractivity contribution in [1.29, 1.82) is 0 Å². The first-order valence-corrected chi connectivity index (χ1v) is 6.36. The van der Waals surface area contributed by atoms with E-state index in [-0.39, 0.29) is 11.9 Å². The summed E-state index contributed by atoms with van der Waals surface area (Å²) < 4.78 is 5.44. The fraction of sp³-hybridized carbons (Fsp3) is 0.833. The highest BCUT2D eigenvalue weighted by molar-refractivity contribution is 6.05. The van der Waals surface area contributed by atoms with Crippen LogP contribution in [0.1, 0.15) is 26.2 Å². The number of amidine groups is 1. The van der Waals surface area contributed by atoms with Crippen molar-refractivity contribution >= 4 is 11.9 Å². The molecule has 2 atom stereocenters. The topological polar surface area (TPSA) is 67.9 Å². The Morgan fingerprint density at radius 2 is 2.29 bits per heavy atom. The predicted octanol–water partition coefficient (Wildman–Crippen LogP) is 0.984. The van der Waals surface area contributed by atoms with Crippen molar-refractivity contribution < 1.29 is 9.53 Å². The van der Waals surface area contributed by atoms with Crippen molar-refractivity contribution in [3.05, 3.63) is 0 Å². The Hall–Kier alpha value is -1.10. The minimum Gasteiger partial charge on any atom is -0.385 e. The molecule has 3 aliphatic rings. The van der Waals surface area contributed by atoms with Crippen LogP contribution in [0.3, 0.4) is 0 Å². The fourth-order valence-electron chi connectivity index (χ4n) is 2.85. The fourth-order valence-corrected chi connectivity index (χ4v) is 2.85. The van der Waals surface area contributed by atoms with E-state index in [0.717, 1.165) is 19.6 Å². The molecule has 1 aliphatic carbocycles. The summed E-state index contributed by atoms with van der Waals surface area (Å²) in [6, 6.07) is -0.163. The second-order valence-electron chi connectivity index (χ2n) is 5.54. The van der Waals surface area contributed by atoms with Gasteiger partial charge in [-0.05, 0) is 32.1 Å². The molecule has 17 heavy (non-hydrogen) atoms. The Labute approximate surface area is 101 Å². The number of nitrogens with zero attached hydrogens (tertiary/aromatic N) is 2. The van der Waals surface area contributed by atoms with Gasteiger partial charge in [0.15, 0.2) is 0 Å². The number of aliphatic imine (C=N–C) groups is 1. The molecule has 2 unspecified atom stereocenters. The van der Waals surface area contributed by atoms with E-state index in [2.05, 4.69) is 4.99 Å². The smallest absolute Gasteiger partial charge is 0.346 e. The molecule has 1 saturated heterocycles. The minimum absolute atomic E-state index is 0.163. The zero-order valence-electron chi connectivity index (χ0n) is 10.2. The largest absolute Gasteiger partial charge is 0.385 e. The van der Waals surface area contributed by atoms with Crippen LogP contribution < -0.4 is 5.73 Å². The molecular formula is C12H19N3O2. The lowest BCUT2D eigenvalue weighted by atomic mass is 9.83. The zero-order valence-corrected chi connectivity index (χ0v) is 10.2. The molecule has 2 N–H and O–H groups in total. The van der Waals surface area contributed by atoms with Crippen LogP contribution in [0.2, 0.25) is 0 Å². The average Bonchev–Trinajstić information content (AvgIpc) is 2.88. The molecule has 0 aromatic rings. The minimum atomic E-state index is -0.420.